The van der Waals surface area contributed by atoms with E-state index in [0.717, 1.165) is 0 Å². The van der Waals surface area contributed by atoms with Crippen LogP contribution < -0.4 is 15.6 Å². The van der Waals surface area contributed by atoms with Crippen LogP contribution in [-0.2, 0) is 0 Å². The largest absolute Gasteiger partial charge is 0.481 e. The topological polar surface area (TPSA) is 107 Å². The monoisotopic (exact) mass is 359 g/mol. The van der Waals surface area contributed by atoms with Crippen LogP contribution in [0, 0.1) is 6.92 Å². The lowest BCUT2D eigenvalue weighted by molar-refractivity contribution is 0.0956. The van der Waals surface area contributed by atoms with E-state index in [1.165, 1.54) is 18.0 Å². The molecular weight excluding hydrogens is 346 g/mol. The van der Waals surface area contributed by atoms with Crippen LogP contribution in [0.2, 0.25) is 5.02 Å². The van der Waals surface area contributed by atoms with E-state index in [1.54, 1.807) is 31.2 Å². The molecule has 0 fully saturated rings. The van der Waals surface area contributed by atoms with Crippen LogP contribution in [-0.4, -0.2) is 38.0 Å². The van der Waals surface area contributed by atoms with Crippen LogP contribution >= 0.6 is 11.6 Å². The van der Waals surface area contributed by atoms with Gasteiger partial charge >= 0.3 is 0 Å². The van der Waals surface area contributed by atoms with E-state index < -0.39 is 5.91 Å². The molecule has 0 saturated carbocycles. The summed E-state index contributed by atoms with van der Waals surface area (Å²) in [6, 6.07) is 8.68. The predicted molar refractivity (Wildman–Crippen MR) is 90.8 cm³/mol. The van der Waals surface area contributed by atoms with Gasteiger partial charge in [0.25, 0.3) is 5.91 Å². The molecule has 1 aromatic carbocycles. The Hall–Kier alpha value is -3.20. The van der Waals surface area contributed by atoms with Crippen molar-refractivity contribution in [2.75, 3.05) is 12.5 Å². The number of hydrazine groups is 1. The molecule has 0 bridgehead atoms. The lowest BCUT2D eigenvalue weighted by Crippen LogP contribution is -2.31. The van der Waals surface area contributed by atoms with Crippen molar-refractivity contribution in [3.05, 3.63) is 52.9 Å². The van der Waals surface area contributed by atoms with Crippen molar-refractivity contribution >= 4 is 23.5 Å². The van der Waals surface area contributed by atoms with Crippen LogP contribution in [0.4, 0.5) is 5.95 Å². The van der Waals surface area contributed by atoms with Gasteiger partial charge in [0.15, 0.2) is 5.69 Å². The van der Waals surface area contributed by atoms with Gasteiger partial charge in [-0.25, -0.2) is 9.67 Å². The highest BCUT2D eigenvalue weighted by Crippen LogP contribution is 2.16. The number of nitrogens with one attached hydrogen (secondary N) is 2. The zero-order valence-electron chi connectivity index (χ0n) is 13.4. The first-order chi connectivity index (χ1) is 12.1. The summed E-state index contributed by atoms with van der Waals surface area (Å²) in [7, 11) is 1.49. The van der Waals surface area contributed by atoms with Gasteiger partial charge in [0.05, 0.1) is 18.5 Å². The third-order valence-corrected chi connectivity index (χ3v) is 3.52. The lowest BCUT2D eigenvalue weighted by Gasteiger charge is -2.07. The average molecular weight is 360 g/mol. The van der Waals surface area contributed by atoms with Crippen molar-refractivity contribution in [3.63, 3.8) is 0 Å². The van der Waals surface area contributed by atoms with Crippen molar-refractivity contribution < 1.29 is 9.53 Å². The molecule has 10 heteroatoms. The Morgan fingerprint density at radius 1 is 1.32 bits per heavy atom. The molecular formula is C15H14ClN7O2. The minimum Gasteiger partial charge on any atom is -0.481 e. The van der Waals surface area contributed by atoms with Gasteiger partial charge in [-0.05, 0) is 25.1 Å². The summed E-state index contributed by atoms with van der Waals surface area (Å²) in [5, 5.41) is 8.48. The summed E-state index contributed by atoms with van der Waals surface area (Å²) in [6.07, 6.45) is 1.50. The number of carbonyl (C=O) groups is 1. The molecule has 25 heavy (non-hydrogen) atoms. The maximum atomic E-state index is 12.3. The molecule has 2 aromatic heterocycles. The smallest absolute Gasteiger partial charge is 0.292 e. The highest BCUT2D eigenvalue weighted by molar-refractivity contribution is 6.30. The molecule has 0 atom stereocenters. The molecule has 0 radical (unpaired) electrons. The molecule has 2 heterocycles. The molecule has 0 aliphatic rings. The van der Waals surface area contributed by atoms with E-state index in [9.17, 15) is 4.79 Å². The number of methoxy groups -OCH3 is 1. The van der Waals surface area contributed by atoms with E-state index in [-0.39, 0.29) is 11.6 Å². The summed E-state index contributed by atoms with van der Waals surface area (Å²) < 4.78 is 6.52. The van der Waals surface area contributed by atoms with Gasteiger partial charge < -0.3 is 4.74 Å². The number of aromatic nitrogens is 5. The highest BCUT2D eigenvalue weighted by Gasteiger charge is 2.17. The number of anilines is 1. The van der Waals surface area contributed by atoms with Crippen molar-refractivity contribution in [1.29, 1.82) is 0 Å². The fourth-order valence-corrected chi connectivity index (χ4v) is 2.26. The minimum absolute atomic E-state index is 0.162. The summed E-state index contributed by atoms with van der Waals surface area (Å²) in [4.78, 5) is 20.3. The van der Waals surface area contributed by atoms with Gasteiger partial charge in [-0.1, -0.05) is 22.9 Å². The Morgan fingerprint density at radius 3 is 2.92 bits per heavy atom. The maximum absolute atomic E-state index is 12.3. The first-order valence-corrected chi connectivity index (χ1v) is 7.58. The van der Waals surface area contributed by atoms with Crippen LogP contribution in [0.5, 0.6) is 5.88 Å². The lowest BCUT2D eigenvalue weighted by atomic mass is 10.3. The molecule has 9 nitrogen and oxygen atoms in total. The van der Waals surface area contributed by atoms with Gasteiger partial charge in [-0.3, -0.25) is 15.6 Å². The first kappa shape index (κ1) is 16.7. The number of ether oxygens (including phenoxy) is 1. The SMILES string of the molecule is COc1ccnc(NNC(=O)c2nnn(-c3cccc(Cl)c3)c2C)n1. The molecule has 3 aromatic rings. The van der Waals surface area contributed by atoms with E-state index >= 15 is 0 Å². The molecule has 0 saturated heterocycles. The Morgan fingerprint density at radius 2 is 2.16 bits per heavy atom. The second-order valence-electron chi connectivity index (χ2n) is 4.92. The molecule has 0 unspecified atom stereocenters. The van der Waals surface area contributed by atoms with Crippen molar-refractivity contribution in [2.45, 2.75) is 6.92 Å². The molecule has 3 rings (SSSR count). The van der Waals surface area contributed by atoms with Crippen molar-refractivity contribution in [3.8, 4) is 11.6 Å². The molecule has 128 valence electrons. The molecule has 0 aliphatic carbocycles. The quantitative estimate of drug-likeness (QED) is 0.668. The predicted octanol–water partition coefficient (Wildman–Crippen LogP) is 1.78. The summed E-state index contributed by atoms with van der Waals surface area (Å²) in [5.74, 6) is 0.0830. The number of hydrogen-bond donors (Lipinski definition) is 2. The van der Waals surface area contributed by atoms with Gasteiger partial charge in [0.1, 0.15) is 0 Å². The first-order valence-electron chi connectivity index (χ1n) is 7.20. The molecule has 0 aliphatic heterocycles. The maximum Gasteiger partial charge on any atom is 0.292 e. The van der Waals surface area contributed by atoms with E-state index in [2.05, 4.69) is 31.1 Å². The second kappa shape index (κ2) is 7.14. The van der Waals surface area contributed by atoms with Crippen molar-refractivity contribution in [1.82, 2.24) is 30.4 Å². The molecule has 0 spiro atoms. The number of amides is 1. The van der Waals surface area contributed by atoms with Crippen molar-refractivity contribution in [2.24, 2.45) is 0 Å². The standard InChI is InChI=1S/C15H14ClN7O2/c1-9-13(19-22-23(9)11-5-3-4-10(16)8-11)14(24)20-21-15-17-7-6-12(18-15)25-2/h3-8H,1-2H3,(H,20,24)(H,17,18,21). The number of hydrogen-bond acceptors (Lipinski definition) is 7. The zero-order chi connectivity index (χ0) is 17.8. The Balaban J connectivity index is 1.74. The highest BCUT2D eigenvalue weighted by atomic mass is 35.5. The Bertz CT molecular complexity index is 912. The third-order valence-electron chi connectivity index (χ3n) is 3.29. The van der Waals surface area contributed by atoms with E-state index in [0.29, 0.717) is 22.3 Å². The zero-order valence-corrected chi connectivity index (χ0v) is 14.2. The number of halogens is 1. The van der Waals surface area contributed by atoms with Gasteiger partial charge in [-0.15, -0.1) is 5.10 Å². The Labute approximate surface area is 148 Å². The second-order valence-corrected chi connectivity index (χ2v) is 5.35. The number of benzene rings is 1. The van der Waals surface area contributed by atoms with E-state index in [1.807, 2.05) is 6.07 Å². The third kappa shape index (κ3) is 3.66. The fourth-order valence-electron chi connectivity index (χ4n) is 2.08. The van der Waals surface area contributed by atoms with E-state index in [4.69, 9.17) is 16.3 Å². The van der Waals surface area contributed by atoms with Crippen LogP contribution in [0.25, 0.3) is 5.69 Å². The summed E-state index contributed by atoms with van der Waals surface area (Å²) in [6.45, 7) is 1.73. The van der Waals surface area contributed by atoms with Gasteiger partial charge in [0.2, 0.25) is 11.8 Å². The number of nitrogens with zero attached hydrogens (tertiary/aromatic N) is 5. The van der Waals surface area contributed by atoms with Crippen LogP contribution in [0.1, 0.15) is 16.2 Å². The number of rotatable bonds is 5. The molecule has 2 N–H and O–H groups in total. The summed E-state index contributed by atoms with van der Waals surface area (Å²) >= 11 is 5.98. The minimum atomic E-state index is -0.475. The Kier molecular flexibility index (Phi) is 4.75. The van der Waals surface area contributed by atoms with Crippen LogP contribution in [0.15, 0.2) is 36.5 Å². The van der Waals surface area contributed by atoms with Gasteiger partial charge in [-0.2, -0.15) is 4.98 Å². The summed E-state index contributed by atoms with van der Waals surface area (Å²) in [5.41, 5.74) is 6.51. The normalized spacial score (nSPS) is 10.4. The fraction of sp³-hybridized carbons (Fsp3) is 0.133. The molecule has 1 amide bonds. The van der Waals surface area contributed by atoms with Crippen LogP contribution in [0.3, 0.4) is 0 Å². The van der Waals surface area contributed by atoms with Gasteiger partial charge in [0, 0.05) is 17.3 Å². The number of carbonyl (C=O) groups excluding carboxylic acids is 1. The average Bonchev–Trinajstić information content (AvgIpc) is 3.01.